The van der Waals surface area contributed by atoms with Crippen molar-refractivity contribution in [1.82, 2.24) is 16.0 Å². The van der Waals surface area contributed by atoms with E-state index in [9.17, 15) is 9.59 Å². The molecule has 2 unspecified atom stereocenters. The largest absolute Gasteiger partial charge is 0.481 e. The number of nitrogens with one attached hydrogen (secondary N) is 3. The van der Waals surface area contributed by atoms with Crippen LogP contribution < -0.4 is 16.0 Å². The van der Waals surface area contributed by atoms with E-state index in [0.29, 0.717) is 13.0 Å². The van der Waals surface area contributed by atoms with Gasteiger partial charge in [-0.1, -0.05) is 24.3 Å². The van der Waals surface area contributed by atoms with Gasteiger partial charge in [-0.3, -0.25) is 14.6 Å². The van der Waals surface area contributed by atoms with Crippen LogP contribution in [0.25, 0.3) is 0 Å². The first-order valence-electron chi connectivity index (χ1n) is 9.37. The van der Waals surface area contributed by atoms with Gasteiger partial charge >= 0.3 is 5.97 Å². The zero-order valence-electron chi connectivity index (χ0n) is 15.2. The fourth-order valence-corrected chi connectivity index (χ4v) is 3.30. The molecule has 0 radical (unpaired) electrons. The molecule has 27 heavy (non-hydrogen) atoms. The number of rotatable bonds is 7. The second-order valence-corrected chi connectivity index (χ2v) is 6.75. The van der Waals surface area contributed by atoms with Crippen LogP contribution in [0, 0.1) is 5.92 Å². The van der Waals surface area contributed by atoms with Crippen LogP contribution in [0.4, 0.5) is 0 Å². The van der Waals surface area contributed by atoms with Gasteiger partial charge < -0.3 is 25.8 Å². The van der Waals surface area contributed by atoms with Gasteiger partial charge in [0.1, 0.15) is 0 Å². The summed E-state index contributed by atoms with van der Waals surface area (Å²) in [6.45, 7) is 2.96. The maximum atomic E-state index is 12.4. The van der Waals surface area contributed by atoms with Crippen molar-refractivity contribution in [3.8, 4) is 0 Å². The van der Waals surface area contributed by atoms with E-state index in [1.807, 2.05) is 24.3 Å². The van der Waals surface area contributed by atoms with Crippen LogP contribution >= 0.6 is 0 Å². The summed E-state index contributed by atoms with van der Waals surface area (Å²) in [5.74, 6) is -1.02. The number of hydrogen-bond donors (Lipinski definition) is 4. The molecule has 0 saturated carbocycles. The summed E-state index contributed by atoms with van der Waals surface area (Å²) in [5, 5.41) is 18.3. The number of benzene rings is 1. The molecule has 1 amide bonds. The van der Waals surface area contributed by atoms with Crippen LogP contribution in [0.15, 0.2) is 29.3 Å². The number of nitrogens with zero attached hydrogens (tertiary/aromatic N) is 1. The van der Waals surface area contributed by atoms with Gasteiger partial charge in [0.2, 0.25) is 5.91 Å². The lowest BCUT2D eigenvalue weighted by Gasteiger charge is -2.20. The van der Waals surface area contributed by atoms with E-state index < -0.39 is 18.1 Å². The Morgan fingerprint density at radius 2 is 2.22 bits per heavy atom. The lowest BCUT2D eigenvalue weighted by atomic mass is 9.94. The first-order chi connectivity index (χ1) is 13.1. The normalized spacial score (nSPS) is 21.9. The molecule has 8 nitrogen and oxygen atoms in total. The molecule has 2 aliphatic rings. The van der Waals surface area contributed by atoms with E-state index in [2.05, 4.69) is 20.9 Å². The van der Waals surface area contributed by atoms with E-state index in [4.69, 9.17) is 9.84 Å². The highest BCUT2D eigenvalue weighted by atomic mass is 16.5. The number of aliphatic carboxylic acids is 1. The van der Waals surface area contributed by atoms with Crippen LogP contribution in [-0.2, 0) is 20.7 Å². The number of carbonyl (C=O) groups excluding carboxylic acids is 1. The molecule has 0 saturated heterocycles. The van der Waals surface area contributed by atoms with Gasteiger partial charge in [0, 0.05) is 25.2 Å². The number of carbonyl (C=O) groups is 2. The smallest absolute Gasteiger partial charge is 0.304 e. The van der Waals surface area contributed by atoms with E-state index in [1.54, 1.807) is 0 Å². The summed E-state index contributed by atoms with van der Waals surface area (Å²) in [4.78, 5) is 27.8. The van der Waals surface area contributed by atoms with Crippen molar-refractivity contribution < 1.29 is 19.4 Å². The topological polar surface area (TPSA) is 112 Å². The molecule has 0 spiro atoms. The molecule has 146 valence electrons. The average Bonchev–Trinajstić information content (AvgIpc) is 2.79. The Balaban J connectivity index is 1.55. The number of carboxylic acid groups (broad SMARTS) is 1. The number of hydrogen-bond acceptors (Lipinski definition) is 6. The highest BCUT2D eigenvalue weighted by Gasteiger charge is 2.30. The minimum Gasteiger partial charge on any atom is -0.481 e. The van der Waals surface area contributed by atoms with Crippen molar-refractivity contribution in [2.24, 2.45) is 10.9 Å². The minimum absolute atomic E-state index is 0.189. The molecule has 1 aromatic carbocycles. The van der Waals surface area contributed by atoms with E-state index in [1.165, 1.54) is 0 Å². The zero-order chi connectivity index (χ0) is 19.1. The van der Waals surface area contributed by atoms with Crippen LogP contribution in [-0.4, -0.2) is 49.2 Å². The van der Waals surface area contributed by atoms with Gasteiger partial charge in [-0.15, -0.1) is 0 Å². The Kier molecular flexibility index (Phi) is 6.64. The Morgan fingerprint density at radius 1 is 1.37 bits per heavy atom. The molecule has 0 aromatic heterocycles. The Morgan fingerprint density at radius 3 is 3.00 bits per heavy atom. The highest BCUT2D eigenvalue weighted by molar-refractivity contribution is 5.84. The van der Waals surface area contributed by atoms with Crippen molar-refractivity contribution >= 4 is 17.8 Å². The van der Waals surface area contributed by atoms with E-state index in [-0.39, 0.29) is 12.3 Å². The molecule has 2 aliphatic heterocycles. The van der Waals surface area contributed by atoms with Gasteiger partial charge in [0.15, 0.2) is 12.2 Å². The molecule has 1 aromatic rings. The molecule has 4 N–H and O–H groups in total. The Bertz CT molecular complexity index is 707. The number of carboxylic acids is 1. The first kappa shape index (κ1) is 19.2. The van der Waals surface area contributed by atoms with Crippen molar-refractivity contribution in [3.05, 3.63) is 35.4 Å². The number of fused-ring (bicyclic) bond motifs is 1. The van der Waals surface area contributed by atoms with Gasteiger partial charge in [0.25, 0.3) is 0 Å². The van der Waals surface area contributed by atoms with Gasteiger partial charge in [-0.25, -0.2) is 0 Å². The predicted molar refractivity (Wildman–Crippen MR) is 100 cm³/mol. The predicted octanol–water partition coefficient (Wildman–Crippen LogP) is 0.794. The molecular weight excluding hydrogens is 348 g/mol. The third-order valence-electron chi connectivity index (χ3n) is 4.66. The lowest BCUT2D eigenvalue weighted by molar-refractivity contribution is -0.142. The van der Waals surface area contributed by atoms with Gasteiger partial charge in [-0.05, 0) is 24.8 Å². The van der Waals surface area contributed by atoms with E-state index >= 15 is 0 Å². The molecule has 0 bridgehead atoms. The van der Waals surface area contributed by atoms with Crippen LogP contribution in [0.2, 0.25) is 0 Å². The second-order valence-electron chi connectivity index (χ2n) is 6.75. The van der Waals surface area contributed by atoms with Crippen molar-refractivity contribution in [3.63, 3.8) is 0 Å². The standard InChI is InChI=1S/C19H26N4O4/c24-16(25)12-14-11-13-5-1-2-6-15(13)18(23-17(14)26)27-10-4-9-22-19-20-7-3-8-21-19/h1-2,5-6,14,18H,3-4,7-12H2,(H,23,26)(H,24,25)(H2,20,21,22). The quantitative estimate of drug-likeness (QED) is 0.525. The molecule has 0 fully saturated rings. The summed E-state index contributed by atoms with van der Waals surface area (Å²) in [6.07, 6.45) is 1.47. The van der Waals surface area contributed by atoms with Crippen molar-refractivity contribution in [2.75, 3.05) is 26.2 Å². The fraction of sp³-hybridized carbons (Fsp3) is 0.526. The summed E-state index contributed by atoms with van der Waals surface area (Å²) in [5.41, 5.74) is 1.84. The Labute approximate surface area is 158 Å². The summed E-state index contributed by atoms with van der Waals surface area (Å²) in [6, 6.07) is 7.64. The maximum absolute atomic E-state index is 12.4. The summed E-state index contributed by atoms with van der Waals surface area (Å²) in [7, 11) is 0. The van der Waals surface area contributed by atoms with Crippen LogP contribution in [0.1, 0.15) is 36.6 Å². The lowest BCUT2D eigenvalue weighted by Crippen LogP contribution is -2.41. The van der Waals surface area contributed by atoms with Gasteiger partial charge in [0.05, 0.1) is 18.9 Å². The highest BCUT2D eigenvalue weighted by Crippen LogP contribution is 2.27. The van der Waals surface area contributed by atoms with Crippen LogP contribution in [0.3, 0.4) is 0 Å². The average molecular weight is 374 g/mol. The third-order valence-corrected chi connectivity index (χ3v) is 4.66. The molecule has 8 heteroatoms. The Hall–Kier alpha value is -2.61. The molecule has 2 heterocycles. The zero-order valence-corrected chi connectivity index (χ0v) is 15.2. The number of guanidine groups is 1. The molecular formula is C19H26N4O4. The second kappa shape index (κ2) is 9.36. The van der Waals surface area contributed by atoms with Crippen molar-refractivity contribution in [1.29, 1.82) is 0 Å². The molecule has 3 rings (SSSR count). The molecule has 2 atom stereocenters. The summed E-state index contributed by atoms with van der Waals surface area (Å²) >= 11 is 0. The minimum atomic E-state index is -0.975. The monoisotopic (exact) mass is 374 g/mol. The molecule has 0 aliphatic carbocycles. The van der Waals surface area contributed by atoms with Crippen LogP contribution in [0.5, 0.6) is 0 Å². The number of ether oxygens (including phenoxy) is 1. The number of amides is 1. The van der Waals surface area contributed by atoms with Crippen molar-refractivity contribution in [2.45, 2.75) is 31.9 Å². The first-order valence-corrected chi connectivity index (χ1v) is 9.37. The number of aliphatic imine (C=N–C) groups is 1. The summed E-state index contributed by atoms with van der Waals surface area (Å²) < 4.78 is 5.92. The van der Waals surface area contributed by atoms with Gasteiger partial charge in [-0.2, -0.15) is 0 Å². The SMILES string of the molecule is O=C(O)CC1Cc2ccccc2C(OCCCNC2=NCCCN2)NC1=O. The third kappa shape index (κ3) is 5.43. The van der Waals surface area contributed by atoms with E-state index in [0.717, 1.165) is 49.6 Å². The fourth-order valence-electron chi connectivity index (χ4n) is 3.30. The maximum Gasteiger partial charge on any atom is 0.304 e.